The number of ketones is 1. The molecule has 0 aromatic heterocycles. The number of benzene rings is 1. The molecule has 16 heavy (non-hydrogen) atoms. The largest absolute Gasteiger partial charge is 0.301 e. The molecular formula is C12H10FNO2. The summed E-state index contributed by atoms with van der Waals surface area (Å²) in [5.41, 5.74) is 1.35. The minimum absolute atomic E-state index is 0.131. The third-order valence-electron chi connectivity index (χ3n) is 2.36. The van der Waals surface area contributed by atoms with Gasteiger partial charge >= 0.3 is 0 Å². The highest BCUT2D eigenvalue weighted by Crippen LogP contribution is 2.29. The molecule has 1 aliphatic rings. The van der Waals surface area contributed by atoms with Crippen LogP contribution in [0.15, 0.2) is 30.4 Å². The Hall–Kier alpha value is -1.97. The zero-order valence-corrected chi connectivity index (χ0v) is 8.79. The smallest absolute Gasteiger partial charge is 0.299 e. The third kappa shape index (κ3) is 1.52. The van der Waals surface area contributed by atoms with Crippen LogP contribution in [0.5, 0.6) is 0 Å². The topological polar surface area (TPSA) is 37.4 Å². The Morgan fingerprint density at radius 3 is 2.75 bits per heavy atom. The van der Waals surface area contributed by atoms with Crippen LogP contribution >= 0.6 is 0 Å². The summed E-state index contributed by atoms with van der Waals surface area (Å²) in [7, 11) is 0. The van der Waals surface area contributed by atoms with E-state index in [1.54, 1.807) is 6.92 Å². The summed E-state index contributed by atoms with van der Waals surface area (Å²) < 4.78 is 13.0. The van der Waals surface area contributed by atoms with Crippen molar-refractivity contribution in [3.8, 4) is 0 Å². The summed E-state index contributed by atoms with van der Waals surface area (Å²) in [6.07, 6.45) is 0. The number of anilines is 1. The first kappa shape index (κ1) is 10.5. The van der Waals surface area contributed by atoms with Gasteiger partial charge in [0.25, 0.3) is 11.7 Å². The lowest BCUT2D eigenvalue weighted by atomic mass is 10.1. The fourth-order valence-corrected chi connectivity index (χ4v) is 1.70. The molecule has 2 rings (SSSR count). The van der Waals surface area contributed by atoms with E-state index in [-0.39, 0.29) is 12.1 Å². The number of carbonyl (C=O) groups excluding carboxylic acids is 2. The van der Waals surface area contributed by atoms with Crippen LogP contribution in [0.4, 0.5) is 10.1 Å². The Bertz CT molecular complexity index is 508. The van der Waals surface area contributed by atoms with Crippen molar-refractivity contribution in [3.63, 3.8) is 0 Å². The van der Waals surface area contributed by atoms with Gasteiger partial charge in [-0.15, -0.1) is 0 Å². The van der Waals surface area contributed by atoms with Crippen LogP contribution in [0.1, 0.15) is 17.3 Å². The lowest BCUT2D eigenvalue weighted by molar-refractivity contribution is -0.114. The van der Waals surface area contributed by atoms with Crippen molar-refractivity contribution in [2.45, 2.75) is 6.92 Å². The van der Waals surface area contributed by atoms with E-state index >= 15 is 0 Å². The van der Waals surface area contributed by atoms with Gasteiger partial charge in [0.1, 0.15) is 5.82 Å². The molecule has 1 aromatic rings. The van der Waals surface area contributed by atoms with Crippen LogP contribution in [0.25, 0.3) is 0 Å². The molecule has 1 heterocycles. The van der Waals surface area contributed by atoms with E-state index < -0.39 is 17.5 Å². The zero-order chi connectivity index (χ0) is 11.9. The SMILES string of the molecule is C=C(C)CN1C(=O)C(=O)c2cc(F)ccc21. The standard InChI is InChI=1S/C12H10FNO2/c1-7(2)6-14-10-4-3-8(13)5-9(10)11(15)12(14)16/h3-5H,1,6H2,2H3. The molecule has 0 atom stereocenters. The van der Waals surface area contributed by atoms with Crippen LogP contribution in [-0.2, 0) is 4.79 Å². The summed E-state index contributed by atoms with van der Waals surface area (Å²) in [6, 6.07) is 3.76. The van der Waals surface area contributed by atoms with Crippen molar-refractivity contribution >= 4 is 17.4 Å². The summed E-state index contributed by atoms with van der Waals surface area (Å²) >= 11 is 0. The predicted octanol–water partition coefficient (Wildman–Crippen LogP) is 1.93. The van der Waals surface area contributed by atoms with Crippen molar-refractivity contribution in [2.24, 2.45) is 0 Å². The van der Waals surface area contributed by atoms with E-state index in [9.17, 15) is 14.0 Å². The number of hydrogen-bond donors (Lipinski definition) is 0. The second kappa shape index (κ2) is 3.56. The van der Waals surface area contributed by atoms with Crippen molar-refractivity contribution in [2.75, 3.05) is 11.4 Å². The van der Waals surface area contributed by atoms with Gasteiger partial charge in [0, 0.05) is 6.54 Å². The van der Waals surface area contributed by atoms with Crippen LogP contribution in [-0.4, -0.2) is 18.2 Å². The molecule has 4 heteroatoms. The van der Waals surface area contributed by atoms with Gasteiger partial charge in [-0.3, -0.25) is 9.59 Å². The average Bonchev–Trinajstić information content (AvgIpc) is 2.43. The van der Waals surface area contributed by atoms with Crippen molar-refractivity contribution in [1.82, 2.24) is 0 Å². The first-order valence-electron chi connectivity index (χ1n) is 4.81. The molecule has 0 saturated heterocycles. The minimum Gasteiger partial charge on any atom is -0.301 e. The normalized spacial score (nSPS) is 14.2. The third-order valence-corrected chi connectivity index (χ3v) is 2.36. The zero-order valence-electron chi connectivity index (χ0n) is 8.79. The van der Waals surface area contributed by atoms with Crippen LogP contribution < -0.4 is 4.90 Å². The molecular weight excluding hydrogens is 209 g/mol. The molecule has 0 radical (unpaired) electrons. The fraction of sp³-hybridized carbons (Fsp3) is 0.167. The Morgan fingerprint density at radius 2 is 2.12 bits per heavy atom. The number of rotatable bonds is 2. The van der Waals surface area contributed by atoms with Gasteiger partial charge in [-0.05, 0) is 25.1 Å². The summed E-state index contributed by atoms with van der Waals surface area (Å²) in [6.45, 7) is 5.73. The molecule has 1 aromatic carbocycles. The Kier molecular flexibility index (Phi) is 2.34. The number of fused-ring (bicyclic) bond motifs is 1. The van der Waals surface area contributed by atoms with E-state index in [2.05, 4.69) is 6.58 Å². The van der Waals surface area contributed by atoms with E-state index in [0.29, 0.717) is 5.69 Å². The van der Waals surface area contributed by atoms with Crippen LogP contribution in [0.2, 0.25) is 0 Å². The van der Waals surface area contributed by atoms with Crippen molar-refractivity contribution < 1.29 is 14.0 Å². The number of Topliss-reactive ketones (excluding diaryl/α,β-unsaturated/α-hetero) is 1. The summed E-state index contributed by atoms with van der Waals surface area (Å²) in [5, 5.41) is 0. The average molecular weight is 219 g/mol. The Morgan fingerprint density at radius 1 is 1.44 bits per heavy atom. The van der Waals surface area contributed by atoms with Crippen molar-refractivity contribution in [1.29, 1.82) is 0 Å². The second-order valence-corrected chi connectivity index (χ2v) is 3.84. The number of halogens is 1. The van der Waals surface area contributed by atoms with Crippen LogP contribution in [0, 0.1) is 5.82 Å². The molecule has 82 valence electrons. The fourth-order valence-electron chi connectivity index (χ4n) is 1.70. The maximum Gasteiger partial charge on any atom is 0.299 e. The molecule has 1 aliphatic heterocycles. The Balaban J connectivity index is 2.50. The molecule has 0 spiro atoms. The number of amides is 1. The van der Waals surface area contributed by atoms with E-state index in [4.69, 9.17) is 0 Å². The van der Waals surface area contributed by atoms with Gasteiger partial charge in [0.05, 0.1) is 11.3 Å². The van der Waals surface area contributed by atoms with Crippen molar-refractivity contribution in [3.05, 3.63) is 41.7 Å². The van der Waals surface area contributed by atoms with Gasteiger partial charge in [0.2, 0.25) is 0 Å². The summed E-state index contributed by atoms with van der Waals surface area (Å²) in [4.78, 5) is 24.5. The predicted molar refractivity (Wildman–Crippen MR) is 57.9 cm³/mol. The molecule has 1 amide bonds. The highest BCUT2D eigenvalue weighted by molar-refractivity contribution is 6.52. The number of hydrogen-bond acceptors (Lipinski definition) is 2. The lowest BCUT2D eigenvalue weighted by Crippen LogP contribution is -2.30. The number of carbonyl (C=O) groups is 2. The monoisotopic (exact) mass is 219 g/mol. The number of nitrogens with zero attached hydrogens (tertiary/aromatic N) is 1. The summed E-state index contributed by atoms with van der Waals surface area (Å²) in [5.74, 6) is -1.79. The van der Waals surface area contributed by atoms with E-state index in [1.165, 1.54) is 17.0 Å². The maximum atomic E-state index is 13.0. The molecule has 0 unspecified atom stereocenters. The van der Waals surface area contributed by atoms with Gasteiger partial charge < -0.3 is 4.90 Å². The lowest BCUT2D eigenvalue weighted by Gasteiger charge is -2.15. The van der Waals surface area contributed by atoms with E-state index in [0.717, 1.165) is 11.6 Å². The van der Waals surface area contributed by atoms with Gasteiger partial charge in [-0.1, -0.05) is 12.2 Å². The highest BCUT2D eigenvalue weighted by Gasteiger charge is 2.35. The Labute approximate surface area is 92.2 Å². The van der Waals surface area contributed by atoms with Gasteiger partial charge in [-0.25, -0.2) is 4.39 Å². The van der Waals surface area contributed by atoms with Gasteiger partial charge in [-0.2, -0.15) is 0 Å². The van der Waals surface area contributed by atoms with Gasteiger partial charge in [0.15, 0.2) is 0 Å². The van der Waals surface area contributed by atoms with Crippen LogP contribution in [0.3, 0.4) is 0 Å². The molecule has 0 aliphatic carbocycles. The highest BCUT2D eigenvalue weighted by atomic mass is 19.1. The quantitative estimate of drug-likeness (QED) is 0.563. The molecule has 0 bridgehead atoms. The minimum atomic E-state index is -0.657. The second-order valence-electron chi connectivity index (χ2n) is 3.84. The molecule has 0 N–H and O–H groups in total. The maximum absolute atomic E-state index is 13.0. The first-order valence-corrected chi connectivity index (χ1v) is 4.81. The molecule has 0 saturated carbocycles. The first-order chi connectivity index (χ1) is 7.50. The van der Waals surface area contributed by atoms with E-state index in [1.807, 2.05) is 0 Å². The molecule has 0 fully saturated rings. The molecule has 3 nitrogen and oxygen atoms in total.